The molecule has 0 amide bonds. The summed E-state index contributed by atoms with van der Waals surface area (Å²) in [5.41, 5.74) is 0. The summed E-state index contributed by atoms with van der Waals surface area (Å²) in [5, 5.41) is 3.91. The van der Waals surface area contributed by atoms with E-state index >= 15 is 0 Å². The van der Waals surface area contributed by atoms with Crippen molar-refractivity contribution < 1.29 is 8.78 Å². The fraction of sp³-hybridized carbons (Fsp3) is 0.250. The Kier molecular flexibility index (Phi) is 5.10. The summed E-state index contributed by atoms with van der Waals surface area (Å²) in [6, 6.07) is 1.54. The molecule has 0 aromatic carbocycles. The molecule has 0 saturated heterocycles. The third-order valence-electron chi connectivity index (χ3n) is 2.86. The van der Waals surface area contributed by atoms with Crippen molar-refractivity contribution in [3.05, 3.63) is 43.3 Å². The summed E-state index contributed by atoms with van der Waals surface area (Å²) < 4.78 is 26.9. The van der Waals surface area contributed by atoms with Crippen molar-refractivity contribution in [2.24, 2.45) is 0 Å². The largest absolute Gasteiger partial charge is 0.345 e. The molecule has 0 bridgehead atoms. The van der Waals surface area contributed by atoms with Gasteiger partial charge in [-0.15, -0.1) is 22.7 Å². The SMILES string of the molecule is FC(F)n1ccc(N(Cc2cnc(Cl)s2)Cc2cnc(Cl)s2)n1. The van der Waals surface area contributed by atoms with Gasteiger partial charge in [-0.05, 0) is 0 Å². The van der Waals surface area contributed by atoms with E-state index in [4.69, 9.17) is 23.2 Å². The van der Waals surface area contributed by atoms with Gasteiger partial charge in [0.15, 0.2) is 14.8 Å². The molecule has 0 aliphatic carbocycles. The molecule has 3 aromatic rings. The zero-order chi connectivity index (χ0) is 16.4. The Hall–Kier alpha value is -1.29. The molecule has 0 atom stereocenters. The van der Waals surface area contributed by atoms with Crippen molar-refractivity contribution in [2.45, 2.75) is 19.6 Å². The third-order valence-corrected chi connectivity index (χ3v) is 5.06. The molecule has 3 rings (SSSR count). The van der Waals surface area contributed by atoms with Crippen LogP contribution in [0.4, 0.5) is 14.6 Å². The van der Waals surface area contributed by atoms with Crippen molar-refractivity contribution in [3.63, 3.8) is 0 Å². The van der Waals surface area contributed by atoms with Crippen molar-refractivity contribution in [2.75, 3.05) is 4.90 Å². The third kappa shape index (κ3) is 4.17. The van der Waals surface area contributed by atoms with Gasteiger partial charge < -0.3 is 4.90 Å². The van der Waals surface area contributed by atoms with Gasteiger partial charge in [-0.2, -0.15) is 13.9 Å². The normalized spacial score (nSPS) is 11.3. The zero-order valence-electron chi connectivity index (χ0n) is 11.4. The topological polar surface area (TPSA) is 46.8 Å². The van der Waals surface area contributed by atoms with Crippen LogP contribution < -0.4 is 4.90 Å². The van der Waals surface area contributed by atoms with E-state index in [1.54, 1.807) is 12.4 Å². The smallest absolute Gasteiger partial charge is 0.333 e. The first-order valence-electron chi connectivity index (χ1n) is 6.30. The van der Waals surface area contributed by atoms with Gasteiger partial charge in [-0.3, -0.25) is 0 Å². The van der Waals surface area contributed by atoms with Crippen molar-refractivity contribution in [1.82, 2.24) is 19.7 Å². The minimum atomic E-state index is -2.68. The molecule has 5 nitrogen and oxygen atoms in total. The molecule has 0 unspecified atom stereocenters. The van der Waals surface area contributed by atoms with Crippen LogP contribution in [0.2, 0.25) is 8.93 Å². The molecular weight excluding hydrogens is 387 g/mol. The lowest BCUT2D eigenvalue weighted by atomic mass is 10.4. The molecule has 3 aromatic heterocycles. The molecule has 11 heteroatoms. The average molecular weight is 396 g/mol. The molecule has 23 heavy (non-hydrogen) atoms. The molecule has 0 fully saturated rings. The van der Waals surface area contributed by atoms with E-state index in [9.17, 15) is 8.78 Å². The molecule has 0 aliphatic rings. The Morgan fingerprint density at radius 2 is 1.65 bits per heavy atom. The zero-order valence-corrected chi connectivity index (χ0v) is 14.5. The summed E-state index contributed by atoms with van der Waals surface area (Å²) in [6.07, 6.45) is 4.56. The highest BCUT2D eigenvalue weighted by Crippen LogP contribution is 2.26. The lowest BCUT2D eigenvalue weighted by Crippen LogP contribution is -2.22. The van der Waals surface area contributed by atoms with Crippen LogP contribution in [-0.4, -0.2) is 19.7 Å². The number of rotatable bonds is 6. The Morgan fingerprint density at radius 3 is 2.04 bits per heavy atom. The van der Waals surface area contributed by atoms with Crippen molar-refractivity contribution in [3.8, 4) is 0 Å². The number of anilines is 1. The molecule has 0 spiro atoms. The van der Waals surface area contributed by atoms with Gasteiger partial charge in [0.1, 0.15) is 0 Å². The summed E-state index contributed by atoms with van der Waals surface area (Å²) in [6.45, 7) is -1.79. The molecular formula is C12H9Cl2F2N5S2. The Morgan fingerprint density at radius 1 is 1.09 bits per heavy atom. The second-order valence-electron chi connectivity index (χ2n) is 4.45. The predicted molar refractivity (Wildman–Crippen MR) is 87.6 cm³/mol. The first-order chi connectivity index (χ1) is 11.0. The number of hydrogen-bond donors (Lipinski definition) is 0. The standard InChI is InChI=1S/C12H9Cl2F2N5S2/c13-10-17-3-7(22-10)5-20(6-8-4-18-11(14)23-8)9-1-2-21(19-9)12(15)16/h1-4,12H,5-6H2. The minimum Gasteiger partial charge on any atom is -0.345 e. The van der Waals surface area contributed by atoms with Gasteiger partial charge in [0.25, 0.3) is 0 Å². The van der Waals surface area contributed by atoms with Crippen LogP contribution in [0.5, 0.6) is 0 Å². The first kappa shape index (κ1) is 16.6. The van der Waals surface area contributed by atoms with Gasteiger partial charge in [0, 0.05) is 34.4 Å². The number of halogens is 4. The Bertz CT molecular complexity index is 746. The monoisotopic (exact) mass is 395 g/mol. The van der Waals surface area contributed by atoms with Crippen LogP contribution in [0.3, 0.4) is 0 Å². The molecule has 0 radical (unpaired) electrons. The van der Waals surface area contributed by atoms with E-state index in [2.05, 4.69) is 15.1 Å². The second kappa shape index (κ2) is 7.08. The highest BCUT2D eigenvalue weighted by atomic mass is 35.5. The molecule has 3 heterocycles. The lowest BCUT2D eigenvalue weighted by molar-refractivity contribution is 0.0567. The first-order valence-corrected chi connectivity index (χ1v) is 8.69. The number of hydrogen-bond acceptors (Lipinski definition) is 6. The van der Waals surface area contributed by atoms with Gasteiger partial charge in [0.05, 0.1) is 13.1 Å². The fourth-order valence-corrected chi connectivity index (χ4v) is 3.90. The van der Waals surface area contributed by atoms with Crippen molar-refractivity contribution >= 4 is 51.7 Å². The Balaban J connectivity index is 1.85. The van der Waals surface area contributed by atoms with E-state index in [1.807, 2.05) is 4.90 Å². The predicted octanol–water partition coefficient (Wildman–Crippen LogP) is 4.70. The highest BCUT2D eigenvalue weighted by molar-refractivity contribution is 7.16. The summed E-state index contributed by atoms with van der Waals surface area (Å²) in [5.74, 6) is 0.430. The average Bonchev–Trinajstić information content (AvgIpc) is 3.20. The van der Waals surface area contributed by atoms with E-state index in [1.165, 1.54) is 34.9 Å². The van der Waals surface area contributed by atoms with E-state index < -0.39 is 6.55 Å². The number of alkyl halides is 2. The molecule has 122 valence electrons. The Labute approximate surface area is 148 Å². The minimum absolute atomic E-state index is 0.430. The van der Waals surface area contributed by atoms with Gasteiger partial charge in [0.2, 0.25) is 0 Å². The van der Waals surface area contributed by atoms with Crippen LogP contribution >= 0.6 is 45.9 Å². The van der Waals surface area contributed by atoms with Gasteiger partial charge in [-0.1, -0.05) is 23.2 Å². The summed E-state index contributed by atoms with van der Waals surface area (Å²) in [7, 11) is 0. The van der Waals surface area contributed by atoms with Crippen LogP contribution in [0.1, 0.15) is 16.3 Å². The number of thiazole rings is 2. The van der Waals surface area contributed by atoms with Crippen LogP contribution in [0.15, 0.2) is 24.7 Å². The van der Waals surface area contributed by atoms with Crippen molar-refractivity contribution in [1.29, 1.82) is 0 Å². The summed E-state index contributed by atoms with van der Waals surface area (Å²) in [4.78, 5) is 11.6. The van der Waals surface area contributed by atoms with Gasteiger partial charge in [-0.25, -0.2) is 14.6 Å². The maximum Gasteiger partial charge on any atom is 0.333 e. The molecule has 0 saturated carbocycles. The van der Waals surface area contributed by atoms with E-state index in [-0.39, 0.29) is 0 Å². The highest BCUT2D eigenvalue weighted by Gasteiger charge is 2.16. The maximum atomic E-state index is 12.7. The van der Waals surface area contributed by atoms with Crippen LogP contribution in [-0.2, 0) is 13.1 Å². The fourth-order valence-electron chi connectivity index (χ4n) is 1.91. The van der Waals surface area contributed by atoms with E-state index in [0.29, 0.717) is 32.5 Å². The molecule has 0 N–H and O–H groups in total. The molecule has 0 aliphatic heterocycles. The number of aromatic nitrogens is 4. The second-order valence-corrected chi connectivity index (χ2v) is 7.84. The van der Waals surface area contributed by atoms with Crippen LogP contribution in [0.25, 0.3) is 0 Å². The summed E-state index contributed by atoms with van der Waals surface area (Å²) >= 11 is 14.3. The number of nitrogens with zero attached hydrogens (tertiary/aromatic N) is 5. The van der Waals surface area contributed by atoms with Gasteiger partial charge >= 0.3 is 6.55 Å². The lowest BCUT2D eigenvalue weighted by Gasteiger charge is -2.20. The maximum absolute atomic E-state index is 12.7. The van der Waals surface area contributed by atoms with Crippen LogP contribution in [0, 0.1) is 0 Å². The quantitative estimate of drug-likeness (QED) is 0.606. The van der Waals surface area contributed by atoms with E-state index in [0.717, 1.165) is 9.75 Å².